The zero-order chi connectivity index (χ0) is 12.0. The van der Waals surface area contributed by atoms with Crippen molar-refractivity contribution in [3.8, 4) is 0 Å². The van der Waals surface area contributed by atoms with E-state index in [9.17, 15) is 5.11 Å². The van der Waals surface area contributed by atoms with E-state index >= 15 is 0 Å². The number of aliphatic hydroxyl groups is 1. The van der Waals surface area contributed by atoms with Gasteiger partial charge in [0, 0.05) is 13.2 Å². The van der Waals surface area contributed by atoms with E-state index in [2.05, 4.69) is 19.2 Å². The van der Waals surface area contributed by atoms with Crippen LogP contribution in [0.5, 0.6) is 0 Å². The molecule has 0 spiro atoms. The standard InChI is InChI=1S/C13H27NO2/c1-10(2)11-5-4-6-12(7-11)14-13(8-15)9-16-3/h10-15H,4-9H2,1-3H3. The van der Waals surface area contributed by atoms with Crippen molar-refractivity contribution in [3.63, 3.8) is 0 Å². The van der Waals surface area contributed by atoms with Crippen molar-refractivity contribution in [2.24, 2.45) is 11.8 Å². The van der Waals surface area contributed by atoms with Gasteiger partial charge in [0.15, 0.2) is 0 Å². The maximum absolute atomic E-state index is 9.22. The third-order valence-corrected chi connectivity index (χ3v) is 3.72. The molecule has 0 aromatic rings. The highest BCUT2D eigenvalue weighted by atomic mass is 16.5. The molecule has 3 atom stereocenters. The molecule has 2 N–H and O–H groups in total. The van der Waals surface area contributed by atoms with Crippen molar-refractivity contribution in [2.75, 3.05) is 20.3 Å². The van der Waals surface area contributed by atoms with Crippen LogP contribution >= 0.6 is 0 Å². The van der Waals surface area contributed by atoms with E-state index in [0.717, 1.165) is 11.8 Å². The third kappa shape index (κ3) is 4.40. The fourth-order valence-corrected chi connectivity index (χ4v) is 2.67. The molecule has 1 saturated carbocycles. The molecule has 1 fully saturated rings. The Balaban J connectivity index is 2.35. The van der Waals surface area contributed by atoms with Crippen molar-refractivity contribution in [2.45, 2.75) is 51.6 Å². The Morgan fingerprint density at radius 3 is 2.69 bits per heavy atom. The molecular formula is C13H27NO2. The summed E-state index contributed by atoms with van der Waals surface area (Å²) in [6.45, 7) is 5.38. The van der Waals surface area contributed by atoms with E-state index in [1.54, 1.807) is 7.11 Å². The molecule has 0 amide bonds. The number of methoxy groups -OCH3 is 1. The monoisotopic (exact) mass is 229 g/mol. The lowest BCUT2D eigenvalue weighted by molar-refractivity contribution is 0.111. The normalized spacial score (nSPS) is 28.3. The summed E-state index contributed by atoms with van der Waals surface area (Å²) in [5.74, 6) is 1.62. The lowest BCUT2D eigenvalue weighted by Gasteiger charge is -2.34. The molecule has 96 valence electrons. The lowest BCUT2D eigenvalue weighted by atomic mass is 9.79. The van der Waals surface area contributed by atoms with Crippen LogP contribution in [0.25, 0.3) is 0 Å². The number of ether oxygens (including phenoxy) is 1. The van der Waals surface area contributed by atoms with Gasteiger partial charge < -0.3 is 15.2 Å². The van der Waals surface area contributed by atoms with Crippen LogP contribution in [0.15, 0.2) is 0 Å². The van der Waals surface area contributed by atoms with Gasteiger partial charge in [-0.3, -0.25) is 0 Å². The summed E-state index contributed by atoms with van der Waals surface area (Å²) >= 11 is 0. The lowest BCUT2D eigenvalue weighted by Crippen LogP contribution is -2.45. The van der Waals surface area contributed by atoms with Crippen molar-refractivity contribution in [1.82, 2.24) is 5.32 Å². The smallest absolute Gasteiger partial charge is 0.0638 e. The van der Waals surface area contributed by atoms with E-state index < -0.39 is 0 Å². The first-order valence-electron chi connectivity index (χ1n) is 6.53. The summed E-state index contributed by atoms with van der Waals surface area (Å²) in [5, 5.41) is 12.7. The second kappa shape index (κ2) is 7.25. The Bertz CT molecular complexity index is 185. The van der Waals surface area contributed by atoms with Crippen LogP contribution < -0.4 is 5.32 Å². The van der Waals surface area contributed by atoms with Gasteiger partial charge in [-0.1, -0.05) is 26.7 Å². The van der Waals surface area contributed by atoms with Crippen molar-refractivity contribution < 1.29 is 9.84 Å². The first-order chi connectivity index (χ1) is 7.67. The second-order valence-electron chi connectivity index (χ2n) is 5.37. The molecule has 0 aromatic carbocycles. The molecule has 1 aliphatic rings. The van der Waals surface area contributed by atoms with E-state index in [0.29, 0.717) is 12.6 Å². The summed E-state index contributed by atoms with van der Waals surface area (Å²) in [7, 11) is 1.68. The van der Waals surface area contributed by atoms with Crippen LogP contribution in [-0.2, 0) is 4.74 Å². The number of hydrogen-bond donors (Lipinski definition) is 2. The molecular weight excluding hydrogens is 202 g/mol. The predicted octanol–water partition coefficient (Wildman–Crippen LogP) is 1.80. The minimum atomic E-state index is 0.0981. The Hall–Kier alpha value is -0.120. The fourth-order valence-electron chi connectivity index (χ4n) is 2.67. The Morgan fingerprint density at radius 2 is 2.12 bits per heavy atom. The maximum atomic E-state index is 9.22. The molecule has 0 bridgehead atoms. The fraction of sp³-hybridized carbons (Fsp3) is 1.00. The van der Waals surface area contributed by atoms with Crippen LogP contribution in [0.4, 0.5) is 0 Å². The van der Waals surface area contributed by atoms with Gasteiger partial charge in [-0.15, -0.1) is 0 Å². The van der Waals surface area contributed by atoms with Crippen LogP contribution in [0.2, 0.25) is 0 Å². The van der Waals surface area contributed by atoms with Gasteiger partial charge in [0.25, 0.3) is 0 Å². The van der Waals surface area contributed by atoms with Crippen LogP contribution in [-0.4, -0.2) is 37.5 Å². The van der Waals surface area contributed by atoms with Crippen LogP contribution in [0.1, 0.15) is 39.5 Å². The minimum absolute atomic E-state index is 0.0981. The molecule has 3 unspecified atom stereocenters. The van der Waals surface area contributed by atoms with Crippen molar-refractivity contribution >= 4 is 0 Å². The minimum Gasteiger partial charge on any atom is -0.395 e. The molecule has 0 radical (unpaired) electrons. The molecule has 3 heteroatoms. The molecule has 0 saturated heterocycles. The largest absolute Gasteiger partial charge is 0.395 e. The maximum Gasteiger partial charge on any atom is 0.0638 e. The molecule has 0 aromatic heterocycles. The molecule has 1 aliphatic carbocycles. The SMILES string of the molecule is COCC(CO)NC1CCCC(C(C)C)C1. The average Bonchev–Trinajstić information content (AvgIpc) is 2.29. The zero-order valence-corrected chi connectivity index (χ0v) is 10.9. The van der Waals surface area contributed by atoms with Gasteiger partial charge in [0.05, 0.1) is 19.3 Å². The summed E-state index contributed by atoms with van der Waals surface area (Å²) in [6.07, 6.45) is 5.16. The van der Waals surface area contributed by atoms with Gasteiger partial charge in [-0.05, 0) is 24.7 Å². The number of rotatable bonds is 6. The van der Waals surface area contributed by atoms with Gasteiger partial charge in [0.1, 0.15) is 0 Å². The van der Waals surface area contributed by atoms with Gasteiger partial charge >= 0.3 is 0 Å². The quantitative estimate of drug-likeness (QED) is 0.730. The van der Waals surface area contributed by atoms with E-state index in [1.165, 1.54) is 25.7 Å². The van der Waals surface area contributed by atoms with Gasteiger partial charge in [0.2, 0.25) is 0 Å². The molecule has 1 rings (SSSR count). The van der Waals surface area contributed by atoms with Crippen molar-refractivity contribution in [3.05, 3.63) is 0 Å². The van der Waals surface area contributed by atoms with Gasteiger partial charge in [-0.2, -0.15) is 0 Å². The molecule has 0 heterocycles. The summed E-state index contributed by atoms with van der Waals surface area (Å²) in [5.41, 5.74) is 0. The summed E-state index contributed by atoms with van der Waals surface area (Å²) in [4.78, 5) is 0. The highest BCUT2D eigenvalue weighted by Crippen LogP contribution is 2.30. The Labute approximate surface area is 99.6 Å². The number of hydrogen-bond acceptors (Lipinski definition) is 3. The Morgan fingerprint density at radius 1 is 1.38 bits per heavy atom. The van der Waals surface area contributed by atoms with E-state index in [4.69, 9.17) is 4.74 Å². The molecule has 0 aliphatic heterocycles. The molecule has 3 nitrogen and oxygen atoms in total. The summed E-state index contributed by atoms with van der Waals surface area (Å²) in [6, 6.07) is 0.661. The number of nitrogens with one attached hydrogen (secondary N) is 1. The van der Waals surface area contributed by atoms with E-state index in [-0.39, 0.29) is 12.6 Å². The average molecular weight is 229 g/mol. The van der Waals surface area contributed by atoms with Crippen LogP contribution in [0.3, 0.4) is 0 Å². The Kier molecular flexibility index (Phi) is 6.32. The van der Waals surface area contributed by atoms with Crippen molar-refractivity contribution in [1.29, 1.82) is 0 Å². The first kappa shape index (κ1) is 13.9. The topological polar surface area (TPSA) is 41.5 Å². The first-order valence-corrected chi connectivity index (χ1v) is 6.53. The highest BCUT2D eigenvalue weighted by Gasteiger charge is 2.25. The predicted molar refractivity (Wildman–Crippen MR) is 66.5 cm³/mol. The highest BCUT2D eigenvalue weighted by molar-refractivity contribution is 4.82. The summed E-state index contributed by atoms with van der Waals surface area (Å²) < 4.78 is 5.09. The molecule has 16 heavy (non-hydrogen) atoms. The second-order valence-corrected chi connectivity index (χ2v) is 5.37. The zero-order valence-electron chi connectivity index (χ0n) is 10.9. The van der Waals surface area contributed by atoms with E-state index in [1.807, 2.05) is 0 Å². The number of aliphatic hydroxyl groups excluding tert-OH is 1. The van der Waals surface area contributed by atoms with Gasteiger partial charge in [-0.25, -0.2) is 0 Å². The van der Waals surface area contributed by atoms with Crippen LogP contribution in [0, 0.1) is 11.8 Å². The third-order valence-electron chi connectivity index (χ3n) is 3.72.